The first kappa shape index (κ1) is 12.2. The number of nitrogens with zero attached hydrogens (tertiary/aromatic N) is 2. The zero-order valence-electron chi connectivity index (χ0n) is 11.0. The minimum atomic E-state index is 0.0924. The number of aromatic amines is 1. The van der Waals surface area contributed by atoms with Crippen LogP contribution in [0.4, 0.5) is 0 Å². The van der Waals surface area contributed by atoms with Gasteiger partial charge in [-0.25, -0.2) is 0 Å². The second-order valence-corrected chi connectivity index (χ2v) is 5.02. The van der Waals surface area contributed by atoms with Crippen molar-refractivity contribution in [1.29, 1.82) is 0 Å². The van der Waals surface area contributed by atoms with Crippen molar-refractivity contribution < 1.29 is 4.79 Å². The summed E-state index contributed by atoms with van der Waals surface area (Å²) in [6, 6.07) is 6.14. The van der Waals surface area contributed by atoms with Gasteiger partial charge in [-0.05, 0) is 26.0 Å². The first-order chi connectivity index (χ1) is 9.29. The van der Waals surface area contributed by atoms with Crippen LogP contribution in [0.1, 0.15) is 23.2 Å². The highest BCUT2D eigenvalue weighted by atomic mass is 16.2. The van der Waals surface area contributed by atoms with E-state index in [-0.39, 0.29) is 5.91 Å². The summed E-state index contributed by atoms with van der Waals surface area (Å²) in [4.78, 5) is 14.6. The average molecular weight is 258 g/mol. The molecule has 2 N–H and O–H groups in total. The largest absolute Gasteiger partial charge is 0.337 e. The number of likely N-dealkylation sites (tertiary alicyclic amines) is 1. The molecule has 2 aromatic rings. The van der Waals surface area contributed by atoms with E-state index >= 15 is 0 Å². The van der Waals surface area contributed by atoms with Gasteiger partial charge in [0.1, 0.15) is 0 Å². The third-order valence-corrected chi connectivity index (χ3v) is 3.82. The molecule has 1 aromatic carbocycles. The van der Waals surface area contributed by atoms with Crippen LogP contribution < -0.4 is 5.32 Å². The Morgan fingerprint density at radius 1 is 1.53 bits per heavy atom. The number of benzene rings is 1. The predicted molar refractivity (Wildman–Crippen MR) is 74.1 cm³/mol. The molecule has 1 saturated heterocycles. The Hall–Kier alpha value is -1.88. The molecular formula is C14H18N4O. The van der Waals surface area contributed by atoms with Crippen LogP contribution in [0.5, 0.6) is 0 Å². The highest BCUT2D eigenvalue weighted by molar-refractivity contribution is 6.05. The van der Waals surface area contributed by atoms with Gasteiger partial charge in [-0.3, -0.25) is 9.89 Å². The van der Waals surface area contributed by atoms with Gasteiger partial charge in [0.05, 0.1) is 17.3 Å². The molecule has 5 heteroatoms. The Labute approximate surface area is 112 Å². The summed E-state index contributed by atoms with van der Waals surface area (Å²) in [7, 11) is 1.95. The minimum absolute atomic E-state index is 0.0924. The Bertz CT molecular complexity index is 592. The molecule has 2 heterocycles. The van der Waals surface area contributed by atoms with E-state index in [2.05, 4.69) is 15.5 Å². The molecular weight excluding hydrogens is 240 g/mol. The quantitative estimate of drug-likeness (QED) is 0.855. The van der Waals surface area contributed by atoms with E-state index in [1.165, 1.54) is 0 Å². The molecule has 0 saturated carbocycles. The maximum absolute atomic E-state index is 12.6. The van der Waals surface area contributed by atoms with Crippen molar-refractivity contribution in [1.82, 2.24) is 20.4 Å². The van der Waals surface area contributed by atoms with E-state index in [4.69, 9.17) is 0 Å². The normalized spacial score (nSPS) is 19.8. The smallest absolute Gasteiger partial charge is 0.256 e. The van der Waals surface area contributed by atoms with Crippen LogP contribution in [0.15, 0.2) is 24.4 Å². The lowest BCUT2D eigenvalue weighted by Gasteiger charge is -2.32. The maximum atomic E-state index is 12.6. The summed E-state index contributed by atoms with van der Waals surface area (Å²) in [5.41, 5.74) is 1.55. The number of hydrogen-bond donors (Lipinski definition) is 2. The lowest BCUT2D eigenvalue weighted by molar-refractivity contribution is 0.0700. The molecule has 1 amide bonds. The van der Waals surface area contributed by atoms with Gasteiger partial charge in [-0.2, -0.15) is 5.10 Å². The fourth-order valence-electron chi connectivity index (χ4n) is 2.71. The number of carbonyl (C=O) groups excluding carboxylic acids is 1. The summed E-state index contributed by atoms with van der Waals surface area (Å²) in [5.74, 6) is 0.0924. The SMILES string of the molecule is CNC1CCCN(C(=O)c2cccc3cn[nH]c23)C1. The monoisotopic (exact) mass is 258 g/mol. The van der Waals surface area contributed by atoms with E-state index in [0.29, 0.717) is 11.6 Å². The van der Waals surface area contributed by atoms with Gasteiger partial charge in [0.15, 0.2) is 0 Å². The molecule has 1 aromatic heterocycles. The fraction of sp³-hybridized carbons (Fsp3) is 0.429. The Morgan fingerprint density at radius 3 is 3.26 bits per heavy atom. The van der Waals surface area contributed by atoms with Crippen molar-refractivity contribution in [3.05, 3.63) is 30.0 Å². The average Bonchev–Trinajstić information content (AvgIpc) is 2.95. The molecule has 100 valence electrons. The van der Waals surface area contributed by atoms with Crippen LogP contribution >= 0.6 is 0 Å². The van der Waals surface area contributed by atoms with E-state index in [1.807, 2.05) is 30.1 Å². The fourth-order valence-corrected chi connectivity index (χ4v) is 2.71. The summed E-state index contributed by atoms with van der Waals surface area (Å²) in [5, 5.41) is 11.2. The number of para-hydroxylation sites is 1. The molecule has 1 unspecified atom stereocenters. The second-order valence-electron chi connectivity index (χ2n) is 5.02. The molecule has 19 heavy (non-hydrogen) atoms. The van der Waals surface area contributed by atoms with Crippen molar-refractivity contribution >= 4 is 16.8 Å². The lowest BCUT2D eigenvalue weighted by Crippen LogP contribution is -2.47. The number of amides is 1. The Balaban J connectivity index is 1.89. The van der Waals surface area contributed by atoms with Gasteiger partial charge in [0.2, 0.25) is 0 Å². The molecule has 1 aliphatic rings. The van der Waals surface area contributed by atoms with E-state index in [1.54, 1.807) is 6.20 Å². The maximum Gasteiger partial charge on any atom is 0.256 e. The molecule has 0 radical (unpaired) electrons. The standard InChI is InChI=1S/C14H18N4O/c1-15-11-5-3-7-18(9-11)14(19)12-6-2-4-10-8-16-17-13(10)12/h2,4,6,8,11,15H,3,5,7,9H2,1H3,(H,16,17). The van der Waals surface area contributed by atoms with Gasteiger partial charge in [-0.15, -0.1) is 0 Å². The molecule has 5 nitrogen and oxygen atoms in total. The third kappa shape index (κ3) is 2.21. The van der Waals surface area contributed by atoms with Crippen LogP contribution in [0.2, 0.25) is 0 Å². The van der Waals surface area contributed by atoms with Crippen LogP contribution in [0.25, 0.3) is 10.9 Å². The number of fused-ring (bicyclic) bond motifs is 1. The topological polar surface area (TPSA) is 61.0 Å². The summed E-state index contributed by atoms with van der Waals surface area (Å²) in [6.45, 7) is 1.61. The van der Waals surface area contributed by atoms with Gasteiger partial charge in [0, 0.05) is 24.5 Å². The molecule has 3 rings (SSSR count). The van der Waals surface area contributed by atoms with Crippen LogP contribution in [-0.2, 0) is 0 Å². The number of rotatable bonds is 2. The molecule has 0 aliphatic carbocycles. The molecule has 0 bridgehead atoms. The minimum Gasteiger partial charge on any atom is -0.337 e. The van der Waals surface area contributed by atoms with Gasteiger partial charge in [0.25, 0.3) is 5.91 Å². The highest BCUT2D eigenvalue weighted by Crippen LogP contribution is 2.19. The third-order valence-electron chi connectivity index (χ3n) is 3.82. The zero-order chi connectivity index (χ0) is 13.2. The van der Waals surface area contributed by atoms with Crippen molar-refractivity contribution in [3.8, 4) is 0 Å². The second kappa shape index (κ2) is 5.01. The Kier molecular flexibility index (Phi) is 3.21. The highest BCUT2D eigenvalue weighted by Gasteiger charge is 2.24. The number of piperidine rings is 1. The van der Waals surface area contributed by atoms with E-state index in [0.717, 1.165) is 36.8 Å². The number of likely N-dealkylation sites (N-methyl/N-ethyl adjacent to an activating group) is 1. The Morgan fingerprint density at radius 2 is 2.42 bits per heavy atom. The number of carbonyl (C=O) groups is 1. The number of aromatic nitrogens is 2. The summed E-state index contributed by atoms with van der Waals surface area (Å²) < 4.78 is 0. The van der Waals surface area contributed by atoms with Crippen molar-refractivity contribution in [3.63, 3.8) is 0 Å². The van der Waals surface area contributed by atoms with Gasteiger partial charge >= 0.3 is 0 Å². The number of nitrogens with one attached hydrogen (secondary N) is 2. The van der Waals surface area contributed by atoms with Crippen molar-refractivity contribution in [2.45, 2.75) is 18.9 Å². The number of H-pyrrole nitrogens is 1. The van der Waals surface area contributed by atoms with Gasteiger partial charge in [-0.1, -0.05) is 12.1 Å². The van der Waals surface area contributed by atoms with E-state index < -0.39 is 0 Å². The molecule has 1 fully saturated rings. The first-order valence-electron chi connectivity index (χ1n) is 6.68. The van der Waals surface area contributed by atoms with Gasteiger partial charge < -0.3 is 10.2 Å². The summed E-state index contributed by atoms with van der Waals surface area (Å²) >= 11 is 0. The lowest BCUT2D eigenvalue weighted by atomic mass is 10.0. The summed E-state index contributed by atoms with van der Waals surface area (Å²) in [6.07, 6.45) is 3.93. The predicted octanol–water partition coefficient (Wildman–Crippen LogP) is 1.39. The van der Waals surface area contributed by atoms with Crippen LogP contribution in [-0.4, -0.2) is 47.2 Å². The molecule has 0 spiro atoms. The van der Waals surface area contributed by atoms with E-state index in [9.17, 15) is 4.79 Å². The molecule has 1 atom stereocenters. The number of hydrogen-bond acceptors (Lipinski definition) is 3. The first-order valence-corrected chi connectivity index (χ1v) is 6.68. The van der Waals surface area contributed by atoms with Crippen LogP contribution in [0.3, 0.4) is 0 Å². The zero-order valence-corrected chi connectivity index (χ0v) is 11.0. The van der Waals surface area contributed by atoms with Crippen molar-refractivity contribution in [2.24, 2.45) is 0 Å². The van der Waals surface area contributed by atoms with Crippen molar-refractivity contribution in [2.75, 3.05) is 20.1 Å². The molecule has 1 aliphatic heterocycles. The van der Waals surface area contributed by atoms with Crippen LogP contribution in [0, 0.1) is 0 Å².